The maximum absolute atomic E-state index is 11.8. The van der Waals surface area contributed by atoms with E-state index in [0.717, 1.165) is 67.6 Å². The van der Waals surface area contributed by atoms with Crippen molar-refractivity contribution in [2.45, 2.75) is 19.4 Å². The molecule has 3 N–H and O–H groups in total. The third-order valence-electron chi connectivity index (χ3n) is 6.92. The maximum Gasteiger partial charge on any atom is 0.290 e. The molecule has 2 fully saturated rings. The SMILES string of the molecule is O=C1NC(=O)/C(=C\c2ccnc(N3CCC(CNCc4ccnc(-c5ccc6[nH]ccc6c5)c4)CC3)n2)S1. The monoisotopic (exact) mass is 525 g/mol. The topological polar surface area (TPSA) is 116 Å². The van der Waals surface area contributed by atoms with Gasteiger partial charge in [-0.1, -0.05) is 6.07 Å². The summed E-state index contributed by atoms with van der Waals surface area (Å²) in [6, 6.07) is 14.4. The van der Waals surface area contributed by atoms with Crippen molar-refractivity contribution in [2.24, 2.45) is 5.92 Å². The fraction of sp³-hybridized carbons (Fsp3) is 0.250. The van der Waals surface area contributed by atoms with E-state index in [1.165, 1.54) is 10.9 Å². The lowest BCUT2D eigenvalue weighted by Crippen LogP contribution is -2.38. The number of hydrogen-bond donors (Lipinski definition) is 3. The molecule has 0 saturated carbocycles. The molecule has 2 saturated heterocycles. The molecule has 9 nitrogen and oxygen atoms in total. The Morgan fingerprint density at radius 1 is 1.05 bits per heavy atom. The van der Waals surface area contributed by atoms with Gasteiger partial charge in [0.25, 0.3) is 11.1 Å². The van der Waals surface area contributed by atoms with E-state index in [2.05, 4.69) is 71.9 Å². The van der Waals surface area contributed by atoms with Crippen LogP contribution in [0.3, 0.4) is 0 Å². The first-order chi connectivity index (χ1) is 18.6. The highest BCUT2D eigenvalue weighted by Gasteiger charge is 2.25. The third-order valence-corrected chi connectivity index (χ3v) is 7.73. The lowest BCUT2D eigenvalue weighted by atomic mass is 9.97. The van der Waals surface area contributed by atoms with Crippen LogP contribution in [0.2, 0.25) is 0 Å². The Bertz CT molecular complexity index is 1520. The van der Waals surface area contributed by atoms with Crippen molar-refractivity contribution in [1.29, 1.82) is 0 Å². The number of carbonyl (C=O) groups excluding carboxylic acids is 2. The summed E-state index contributed by atoms with van der Waals surface area (Å²) >= 11 is 0.892. The number of rotatable bonds is 7. The van der Waals surface area contributed by atoms with Crippen LogP contribution in [-0.4, -0.2) is 50.7 Å². The number of piperidine rings is 1. The molecule has 0 radical (unpaired) electrons. The normalized spacial score (nSPS) is 17.5. The molecule has 0 atom stereocenters. The summed E-state index contributed by atoms with van der Waals surface area (Å²) in [5, 5.41) is 6.72. The molecule has 10 heteroatoms. The molecule has 38 heavy (non-hydrogen) atoms. The molecule has 5 heterocycles. The predicted molar refractivity (Wildman–Crippen MR) is 149 cm³/mol. The molecular formula is C28H27N7O2S. The van der Waals surface area contributed by atoms with Gasteiger partial charge in [0.2, 0.25) is 5.95 Å². The molecule has 0 bridgehead atoms. The lowest BCUT2D eigenvalue weighted by molar-refractivity contribution is -0.115. The quantitative estimate of drug-likeness (QED) is 0.305. The summed E-state index contributed by atoms with van der Waals surface area (Å²) in [5.41, 5.74) is 5.07. The molecule has 3 aromatic heterocycles. The zero-order chi connectivity index (χ0) is 25.9. The van der Waals surface area contributed by atoms with E-state index >= 15 is 0 Å². The number of nitrogens with one attached hydrogen (secondary N) is 3. The van der Waals surface area contributed by atoms with Crippen LogP contribution in [0.4, 0.5) is 10.7 Å². The van der Waals surface area contributed by atoms with Gasteiger partial charge in [-0.3, -0.25) is 19.9 Å². The van der Waals surface area contributed by atoms with Crippen LogP contribution in [0.1, 0.15) is 24.1 Å². The first-order valence-electron chi connectivity index (χ1n) is 12.7. The molecule has 0 unspecified atom stereocenters. The Morgan fingerprint density at radius 3 is 2.76 bits per heavy atom. The number of thioether (sulfide) groups is 1. The summed E-state index contributed by atoms with van der Waals surface area (Å²) in [7, 11) is 0. The Hall–Kier alpha value is -4.02. The minimum absolute atomic E-state index is 0.354. The Kier molecular flexibility index (Phi) is 6.89. The number of H-pyrrole nitrogens is 1. The second-order valence-electron chi connectivity index (χ2n) is 9.52. The van der Waals surface area contributed by atoms with Gasteiger partial charge in [0.05, 0.1) is 16.3 Å². The maximum atomic E-state index is 11.8. The van der Waals surface area contributed by atoms with Gasteiger partial charge in [-0.15, -0.1) is 0 Å². The van der Waals surface area contributed by atoms with Crippen LogP contribution < -0.4 is 15.5 Å². The highest BCUT2D eigenvalue weighted by molar-refractivity contribution is 8.18. The van der Waals surface area contributed by atoms with Crippen molar-refractivity contribution >= 4 is 45.8 Å². The van der Waals surface area contributed by atoms with E-state index < -0.39 is 0 Å². The molecule has 2 aliphatic rings. The molecule has 192 valence electrons. The van der Waals surface area contributed by atoms with E-state index in [-0.39, 0.29) is 11.1 Å². The summed E-state index contributed by atoms with van der Waals surface area (Å²) in [5.74, 6) is 0.857. The van der Waals surface area contributed by atoms with E-state index in [1.807, 2.05) is 12.4 Å². The van der Waals surface area contributed by atoms with Crippen LogP contribution in [-0.2, 0) is 11.3 Å². The third kappa shape index (κ3) is 5.46. The fourth-order valence-electron chi connectivity index (χ4n) is 4.86. The van der Waals surface area contributed by atoms with Gasteiger partial charge < -0.3 is 15.2 Å². The molecular weight excluding hydrogens is 498 g/mol. The average molecular weight is 526 g/mol. The van der Waals surface area contributed by atoms with Gasteiger partial charge in [-0.25, -0.2) is 9.97 Å². The standard InChI is InChI=1S/C28H27N7O2S/c36-26-25(38-28(37)34-26)15-22-5-10-32-27(33-22)35-11-6-18(7-12-35)16-29-17-19-3-8-31-24(13-19)20-1-2-23-21(14-20)4-9-30-23/h1-5,8-10,13-15,18,29-30H,6-7,11-12,16-17H2,(H,34,36,37)/b25-15+. The lowest BCUT2D eigenvalue weighted by Gasteiger charge is -2.32. The van der Waals surface area contributed by atoms with Crippen molar-refractivity contribution in [3.63, 3.8) is 0 Å². The number of benzene rings is 1. The van der Waals surface area contributed by atoms with Gasteiger partial charge in [0.1, 0.15) is 0 Å². The molecule has 4 aromatic rings. The van der Waals surface area contributed by atoms with Crippen molar-refractivity contribution in [3.05, 3.63) is 77.2 Å². The molecule has 0 aliphatic carbocycles. The molecule has 1 aromatic carbocycles. The van der Waals surface area contributed by atoms with Gasteiger partial charge >= 0.3 is 0 Å². The van der Waals surface area contributed by atoms with Crippen molar-refractivity contribution in [2.75, 3.05) is 24.5 Å². The first kappa shape index (κ1) is 24.3. The number of hydrogen-bond acceptors (Lipinski definition) is 8. The number of carbonyl (C=O) groups is 2. The molecule has 0 spiro atoms. The van der Waals surface area contributed by atoms with Crippen LogP contribution in [0.25, 0.3) is 28.2 Å². The largest absolute Gasteiger partial charge is 0.361 e. The number of fused-ring (bicyclic) bond motifs is 1. The summed E-state index contributed by atoms with van der Waals surface area (Å²) in [4.78, 5) is 42.6. The fourth-order valence-corrected chi connectivity index (χ4v) is 5.53. The predicted octanol–water partition coefficient (Wildman–Crippen LogP) is 4.35. The van der Waals surface area contributed by atoms with E-state index in [4.69, 9.17) is 0 Å². The van der Waals surface area contributed by atoms with Crippen molar-refractivity contribution in [3.8, 4) is 11.3 Å². The molecule has 6 rings (SSSR count). The number of nitrogens with zero attached hydrogens (tertiary/aromatic N) is 4. The van der Waals surface area contributed by atoms with Crippen LogP contribution >= 0.6 is 11.8 Å². The van der Waals surface area contributed by atoms with Crippen LogP contribution in [0, 0.1) is 5.92 Å². The Balaban J connectivity index is 1.01. The van der Waals surface area contributed by atoms with Crippen LogP contribution in [0.5, 0.6) is 0 Å². The second kappa shape index (κ2) is 10.8. The van der Waals surface area contributed by atoms with E-state index in [1.54, 1.807) is 18.3 Å². The Labute approximate surface area is 224 Å². The number of aromatic nitrogens is 4. The molecule has 2 aliphatic heterocycles. The first-order valence-corrected chi connectivity index (χ1v) is 13.5. The second-order valence-corrected chi connectivity index (χ2v) is 10.5. The van der Waals surface area contributed by atoms with Gasteiger partial charge in [-0.05, 0) is 85.1 Å². The number of imide groups is 1. The van der Waals surface area contributed by atoms with Gasteiger partial charge in [0, 0.05) is 54.7 Å². The number of anilines is 1. The molecule has 2 amide bonds. The summed E-state index contributed by atoms with van der Waals surface area (Å²) < 4.78 is 0. The number of aromatic amines is 1. The van der Waals surface area contributed by atoms with Gasteiger partial charge in [0.15, 0.2) is 0 Å². The highest BCUT2D eigenvalue weighted by Crippen LogP contribution is 2.26. The van der Waals surface area contributed by atoms with Gasteiger partial charge in [-0.2, -0.15) is 0 Å². The minimum atomic E-state index is -0.380. The Morgan fingerprint density at radius 2 is 1.92 bits per heavy atom. The average Bonchev–Trinajstić information content (AvgIpc) is 3.54. The summed E-state index contributed by atoms with van der Waals surface area (Å²) in [6.45, 7) is 3.51. The van der Waals surface area contributed by atoms with Crippen LogP contribution in [0.15, 0.2) is 66.0 Å². The van der Waals surface area contributed by atoms with E-state index in [0.29, 0.717) is 22.5 Å². The minimum Gasteiger partial charge on any atom is -0.361 e. The zero-order valence-electron chi connectivity index (χ0n) is 20.7. The van der Waals surface area contributed by atoms with Crippen molar-refractivity contribution in [1.82, 2.24) is 30.6 Å². The highest BCUT2D eigenvalue weighted by atomic mass is 32.2. The smallest absolute Gasteiger partial charge is 0.290 e. The van der Waals surface area contributed by atoms with E-state index in [9.17, 15) is 9.59 Å². The summed E-state index contributed by atoms with van der Waals surface area (Å²) in [6.07, 6.45) is 9.26. The number of amides is 2. The zero-order valence-corrected chi connectivity index (χ0v) is 21.5. The van der Waals surface area contributed by atoms with Crippen molar-refractivity contribution < 1.29 is 9.59 Å². The number of pyridine rings is 1.